The van der Waals surface area contributed by atoms with Crippen LogP contribution in [0.15, 0.2) is 29.7 Å². The second kappa shape index (κ2) is 6.83. The Labute approximate surface area is 142 Å². The summed E-state index contributed by atoms with van der Waals surface area (Å²) in [7, 11) is 1.51. The van der Waals surface area contributed by atoms with Crippen LogP contribution in [-0.4, -0.2) is 28.8 Å². The molecule has 0 saturated carbocycles. The van der Waals surface area contributed by atoms with Gasteiger partial charge in [-0.25, -0.2) is 0 Å². The van der Waals surface area contributed by atoms with Crippen molar-refractivity contribution in [1.29, 1.82) is 0 Å². The molecule has 7 heteroatoms. The molecule has 1 aliphatic heterocycles. The summed E-state index contributed by atoms with van der Waals surface area (Å²) in [6.45, 7) is 4.00. The first-order valence-corrected chi connectivity index (χ1v) is 7.85. The molecule has 0 bridgehead atoms. The van der Waals surface area contributed by atoms with Crippen molar-refractivity contribution < 1.29 is 9.53 Å². The van der Waals surface area contributed by atoms with E-state index in [4.69, 9.17) is 40.2 Å². The highest BCUT2D eigenvalue weighted by atomic mass is 35.5. The van der Waals surface area contributed by atoms with Crippen LogP contribution in [0.1, 0.15) is 5.56 Å². The number of amides is 1. The van der Waals surface area contributed by atoms with E-state index in [9.17, 15) is 4.79 Å². The molecule has 0 N–H and O–H groups in total. The van der Waals surface area contributed by atoms with Crippen molar-refractivity contribution in [2.24, 2.45) is 0 Å². The van der Waals surface area contributed by atoms with E-state index in [-0.39, 0.29) is 5.91 Å². The molecule has 0 aromatic heterocycles. The number of hydrogen-bond acceptors (Lipinski definition) is 4. The quantitative estimate of drug-likeness (QED) is 0.453. The molecule has 0 unspecified atom stereocenters. The van der Waals surface area contributed by atoms with Crippen LogP contribution in [0.5, 0.6) is 5.75 Å². The van der Waals surface area contributed by atoms with Crippen LogP contribution in [0.3, 0.4) is 0 Å². The molecular weight excluding hydrogens is 349 g/mol. The van der Waals surface area contributed by atoms with Crippen LogP contribution in [-0.2, 0) is 4.79 Å². The number of nitrogens with zero attached hydrogens (tertiary/aromatic N) is 1. The lowest BCUT2D eigenvalue weighted by Crippen LogP contribution is -2.27. The number of thiocarbonyl (C=S) groups is 1. The van der Waals surface area contributed by atoms with Crippen LogP contribution in [0.2, 0.25) is 10.0 Å². The lowest BCUT2D eigenvalue weighted by molar-refractivity contribution is -0.121. The van der Waals surface area contributed by atoms with Crippen LogP contribution in [0, 0.1) is 0 Å². The van der Waals surface area contributed by atoms with Gasteiger partial charge in [-0.15, -0.1) is 6.58 Å². The van der Waals surface area contributed by atoms with Crippen molar-refractivity contribution in [1.82, 2.24) is 4.90 Å². The zero-order valence-corrected chi connectivity index (χ0v) is 14.2. The number of benzene rings is 1. The second-order valence-corrected chi connectivity index (χ2v) is 6.61. The lowest BCUT2D eigenvalue weighted by atomic mass is 10.2. The Bertz CT molecular complexity index is 659. The summed E-state index contributed by atoms with van der Waals surface area (Å²) in [5.41, 5.74) is 0.633. The number of carbonyl (C=O) groups is 1. The first-order chi connectivity index (χ1) is 9.97. The zero-order valence-electron chi connectivity index (χ0n) is 11.1. The first-order valence-electron chi connectivity index (χ1n) is 5.87. The first kappa shape index (κ1) is 16.4. The molecule has 1 aliphatic rings. The van der Waals surface area contributed by atoms with E-state index in [1.165, 1.54) is 23.8 Å². The topological polar surface area (TPSA) is 29.5 Å². The predicted molar refractivity (Wildman–Crippen MR) is 93.1 cm³/mol. The van der Waals surface area contributed by atoms with Gasteiger partial charge >= 0.3 is 0 Å². The van der Waals surface area contributed by atoms with Gasteiger partial charge in [0.05, 0.1) is 17.0 Å². The monoisotopic (exact) mass is 359 g/mol. The fourth-order valence-corrected chi connectivity index (χ4v) is 3.68. The van der Waals surface area contributed by atoms with E-state index in [0.717, 1.165) is 0 Å². The molecule has 1 saturated heterocycles. The standard InChI is InChI=1S/C14H11Cl2NO2S2/c1-3-4-17-13(18)11(21-14(17)20)6-8-5-9(15)7-10(16)12(8)19-2/h3,5-7H,1,4H2,2H3/b11-6+. The molecule has 110 valence electrons. The lowest BCUT2D eigenvalue weighted by Gasteiger charge is -2.10. The van der Waals surface area contributed by atoms with Gasteiger partial charge in [-0.05, 0) is 18.2 Å². The second-order valence-electron chi connectivity index (χ2n) is 4.09. The number of hydrogen-bond donors (Lipinski definition) is 0. The van der Waals surface area contributed by atoms with Crippen molar-refractivity contribution in [2.45, 2.75) is 0 Å². The normalized spacial score (nSPS) is 16.7. The Morgan fingerprint density at radius 2 is 2.19 bits per heavy atom. The van der Waals surface area contributed by atoms with Gasteiger partial charge in [0.1, 0.15) is 10.1 Å². The highest BCUT2D eigenvalue weighted by molar-refractivity contribution is 8.26. The Balaban J connectivity index is 2.43. The van der Waals surface area contributed by atoms with Gasteiger partial charge in [-0.1, -0.05) is 53.3 Å². The van der Waals surface area contributed by atoms with Crippen molar-refractivity contribution >= 4 is 63.5 Å². The zero-order chi connectivity index (χ0) is 15.6. The Morgan fingerprint density at radius 3 is 2.81 bits per heavy atom. The molecule has 0 spiro atoms. The van der Waals surface area contributed by atoms with E-state index >= 15 is 0 Å². The third-order valence-electron chi connectivity index (χ3n) is 2.71. The van der Waals surface area contributed by atoms with E-state index in [1.54, 1.807) is 24.3 Å². The Kier molecular flexibility index (Phi) is 5.32. The van der Waals surface area contributed by atoms with Gasteiger partial charge in [0.15, 0.2) is 0 Å². The highest BCUT2D eigenvalue weighted by Crippen LogP contribution is 2.37. The van der Waals surface area contributed by atoms with Crippen LogP contribution in [0.4, 0.5) is 0 Å². The van der Waals surface area contributed by atoms with E-state index < -0.39 is 0 Å². The average Bonchev–Trinajstić information content (AvgIpc) is 2.66. The highest BCUT2D eigenvalue weighted by Gasteiger charge is 2.31. The molecule has 1 heterocycles. The summed E-state index contributed by atoms with van der Waals surface area (Å²) >= 11 is 18.5. The molecular formula is C14H11Cl2NO2S2. The maximum atomic E-state index is 12.3. The third kappa shape index (κ3) is 3.43. The van der Waals surface area contributed by atoms with Gasteiger partial charge in [0, 0.05) is 17.1 Å². The SMILES string of the molecule is C=CCN1C(=O)/C(=C\c2cc(Cl)cc(Cl)c2OC)SC1=S. The van der Waals surface area contributed by atoms with E-state index in [1.807, 2.05) is 0 Å². The molecule has 1 aromatic carbocycles. The molecule has 1 aromatic rings. The molecule has 0 atom stereocenters. The molecule has 21 heavy (non-hydrogen) atoms. The molecule has 1 amide bonds. The summed E-state index contributed by atoms with van der Waals surface area (Å²) < 4.78 is 5.76. The smallest absolute Gasteiger partial charge is 0.266 e. The van der Waals surface area contributed by atoms with Gasteiger partial charge in [-0.3, -0.25) is 9.69 Å². The summed E-state index contributed by atoms with van der Waals surface area (Å²) in [5.74, 6) is 0.304. The minimum absolute atomic E-state index is 0.164. The number of thioether (sulfide) groups is 1. The van der Waals surface area contributed by atoms with E-state index in [0.29, 0.717) is 37.1 Å². The molecule has 3 nitrogen and oxygen atoms in total. The van der Waals surface area contributed by atoms with E-state index in [2.05, 4.69) is 6.58 Å². The maximum Gasteiger partial charge on any atom is 0.266 e. The molecule has 1 fully saturated rings. The summed E-state index contributed by atoms with van der Waals surface area (Å²) in [5, 5.41) is 0.853. The predicted octanol–water partition coefficient (Wildman–Crippen LogP) is 4.39. The summed E-state index contributed by atoms with van der Waals surface area (Å²) in [4.78, 5) is 14.3. The number of carbonyl (C=O) groups excluding carboxylic acids is 1. The molecule has 2 rings (SSSR count). The molecule has 0 radical (unpaired) electrons. The van der Waals surface area contributed by atoms with Gasteiger partial charge in [0.25, 0.3) is 5.91 Å². The minimum Gasteiger partial charge on any atom is -0.495 e. The van der Waals surface area contributed by atoms with Gasteiger partial charge < -0.3 is 4.74 Å². The number of methoxy groups -OCH3 is 1. The third-order valence-corrected chi connectivity index (χ3v) is 4.59. The van der Waals surface area contributed by atoms with Crippen molar-refractivity contribution in [3.63, 3.8) is 0 Å². The fourth-order valence-electron chi connectivity index (χ4n) is 1.83. The van der Waals surface area contributed by atoms with Crippen LogP contribution in [0.25, 0.3) is 6.08 Å². The maximum absolute atomic E-state index is 12.3. The summed E-state index contributed by atoms with van der Waals surface area (Å²) in [6.07, 6.45) is 3.31. The fraction of sp³-hybridized carbons (Fsp3) is 0.143. The number of ether oxygens (including phenoxy) is 1. The van der Waals surface area contributed by atoms with Crippen LogP contribution >= 0.6 is 47.2 Å². The number of halogens is 2. The van der Waals surface area contributed by atoms with Crippen molar-refractivity contribution in [3.8, 4) is 5.75 Å². The van der Waals surface area contributed by atoms with Gasteiger partial charge in [-0.2, -0.15) is 0 Å². The summed E-state index contributed by atoms with van der Waals surface area (Å²) in [6, 6.07) is 3.27. The average molecular weight is 360 g/mol. The Morgan fingerprint density at radius 1 is 1.48 bits per heavy atom. The molecule has 0 aliphatic carbocycles. The Hall–Kier alpha value is -1.01. The minimum atomic E-state index is -0.164. The largest absolute Gasteiger partial charge is 0.495 e. The van der Waals surface area contributed by atoms with Crippen LogP contribution < -0.4 is 4.74 Å². The van der Waals surface area contributed by atoms with Crippen molar-refractivity contribution in [3.05, 3.63) is 45.3 Å². The van der Waals surface area contributed by atoms with Gasteiger partial charge in [0.2, 0.25) is 0 Å². The number of rotatable bonds is 4. The van der Waals surface area contributed by atoms with Crippen molar-refractivity contribution in [2.75, 3.05) is 13.7 Å².